The average molecular weight is 287 g/mol. The highest BCUT2D eigenvalue weighted by Gasteiger charge is 2.22. The molecule has 0 fully saturated rings. The lowest BCUT2D eigenvalue weighted by Gasteiger charge is -2.19. The van der Waals surface area contributed by atoms with Crippen LogP contribution >= 0.6 is 0 Å². The van der Waals surface area contributed by atoms with E-state index in [-0.39, 0.29) is 5.41 Å². The van der Waals surface area contributed by atoms with E-state index in [4.69, 9.17) is 4.42 Å². The third-order valence-corrected chi connectivity index (χ3v) is 3.93. The maximum absolute atomic E-state index is 6.23. The highest BCUT2D eigenvalue weighted by Crippen LogP contribution is 2.35. The molecule has 1 aromatic carbocycles. The van der Waals surface area contributed by atoms with E-state index in [0.717, 1.165) is 24.4 Å². The van der Waals surface area contributed by atoms with Gasteiger partial charge in [0.25, 0.3) is 0 Å². The lowest BCUT2D eigenvalue weighted by molar-refractivity contribution is 0.476. The van der Waals surface area contributed by atoms with E-state index in [2.05, 4.69) is 65.9 Å². The summed E-state index contributed by atoms with van der Waals surface area (Å²) in [5.41, 5.74) is 5.04. The summed E-state index contributed by atoms with van der Waals surface area (Å²) in [6.07, 6.45) is 0. The largest absolute Gasteiger partial charge is 0.459 e. The first-order chi connectivity index (χ1) is 9.70. The van der Waals surface area contributed by atoms with E-state index in [0.29, 0.717) is 5.92 Å². The fourth-order valence-electron chi connectivity index (χ4n) is 2.71. The summed E-state index contributed by atoms with van der Waals surface area (Å²) in [5.74, 6) is 1.73. The standard InChI is InChI=1S/C19H29NO/c1-12(2)10-20-11-17-14(4)15-8-13(3)9-16(18(15)21-17)19(5,6)7/h8-9,12,20H,10-11H2,1-7H3. The van der Waals surface area contributed by atoms with Crippen LogP contribution in [0.15, 0.2) is 16.5 Å². The normalized spacial score (nSPS) is 12.6. The van der Waals surface area contributed by atoms with Gasteiger partial charge < -0.3 is 9.73 Å². The molecule has 1 N–H and O–H groups in total. The van der Waals surface area contributed by atoms with Crippen molar-refractivity contribution in [3.05, 3.63) is 34.6 Å². The van der Waals surface area contributed by atoms with Gasteiger partial charge >= 0.3 is 0 Å². The van der Waals surface area contributed by atoms with Crippen molar-refractivity contribution in [2.24, 2.45) is 5.92 Å². The predicted octanol–water partition coefficient (Wildman–Crippen LogP) is 5.09. The third-order valence-electron chi connectivity index (χ3n) is 3.93. The van der Waals surface area contributed by atoms with E-state index in [1.165, 1.54) is 22.1 Å². The highest BCUT2D eigenvalue weighted by atomic mass is 16.3. The summed E-state index contributed by atoms with van der Waals surface area (Å²) in [6.45, 7) is 17.3. The zero-order chi connectivity index (χ0) is 15.8. The fourth-order valence-corrected chi connectivity index (χ4v) is 2.71. The summed E-state index contributed by atoms with van der Waals surface area (Å²) in [6, 6.07) is 4.51. The molecule has 2 rings (SSSR count). The minimum Gasteiger partial charge on any atom is -0.459 e. The van der Waals surface area contributed by atoms with E-state index >= 15 is 0 Å². The van der Waals surface area contributed by atoms with Crippen molar-refractivity contribution in [3.8, 4) is 0 Å². The first-order valence-electron chi connectivity index (χ1n) is 7.94. The molecule has 0 aliphatic heterocycles. The van der Waals surface area contributed by atoms with Crippen LogP contribution in [0, 0.1) is 19.8 Å². The SMILES string of the molecule is Cc1cc(C(C)(C)C)c2oc(CNCC(C)C)c(C)c2c1. The maximum atomic E-state index is 6.23. The Kier molecular flexibility index (Phi) is 4.48. The molecular weight excluding hydrogens is 258 g/mol. The molecule has 2 nitrogen and oxygen atoms in total. The van der Waals surface area contributed by atoms with E-state index in [1.807, 2.05) is 0 Å². The Morgan fingerprint density at radius 2 is 1.81 bits per heavy atom. The van der Waals surface area contributed by atoms with Crippen LogP contribution in [0.2, 0.25) is 0 Å². The van der Waals surface area contributed by atoms with Crippen LogP contribution in [0.25, 0.3) is 11.0 Å². The molecule has 0 radical (unpaired) electrons. The smallest absolute Gasteiger partial charge is 0.138 e. The Hall–Kier alpha value is -1.28. The summed E-state index contributed by atoms with van der Waals surface area (Å²) < 4.78 is 6.23. The number of fused-ring (bicyclic) bond motifs is 1. The summed E-state index contributed by atoms with van der Waals surface area (Å²) in [7, 11) is 0. The molecule has 0 atom stereocenters. The van der Waals surface area contributed by atoms with E-state index < -0.39 is 0 Å². The number of benzene rings is 1. The number of hydrogen-bond donors (Lipinski definition) is 1. The summed E-state index contributed by atoms with van der Waals surface area (Å²) in [4.78, 5) is 0. The summed E-state index contributed by atoms with van der Waals surface area (Å²) >= 11 is 0. The molecule has 116 valence electrons. The third kappa shape index (κ3) is 3.49. The van der Waals surface area contributed by atoms with Gasteiger partial charge in [0, 0.05) is 10.9 Å². The lowest BCUT2D eigenvalue weighted by atomic mass is 9.85. The monoisotopic (exact) mass is 287 g/mol. The number of hydrogen-bond acceptors (Lipinski definition) is 2. The van der Waals surface area contributed by atoms with Crippen LogP contribution in [-0.4, -0.2) is 6.54 Å². The molecule has 1 aromatic heterocycles. The second kappa shape index (κ2) is 5.84. The molecule has 0 bridgehead atoms. The van der Waals surface area contributed by atoms with Gasteiger partial charge in [0.2, 0.25) is 0 Å². The van der Waals surface area contributed by atoms with Crippen molar-refractivity contribution in [1.29, 1.82) is 0 Å². The van der Waals surface area contributed by atoms with Crippen molar-refractivity contribution in [1.82, 2.24) is 5.32 Å². The fraction of sp³-hybridized carbons (Fsp3) is 0.579. The Morgan fingerprint density at radius 1 is 1.14 bits per heavy atom. The summed E-state index contributed by atoms with van der Waals surface area (Å²) in [5, 5.41) is 4.75. The molecule has 0 saturated heterocycles. The van der Waals surface area contributed by atoms with E-state index in [1.54, 1.807) is 0 Å². The van der Waals surface area contributed by atoms with Gasteiger partial charge in [-0.25, -0.2) is 0 Å². The minimum atomic E-state index is 0.0944. The van der Waals surface area contributed by atoms with Crippen LogP contribution < -0.4 is 5.32 Å². The molecule has 0 aliphatic rings. The molecule has 0 saturated carbocycles. The van der Waals surface area contributed by atoms with Gasteiger partial charge in [-0.3, -0.25) is 0 Å². The zero-order valence-electron chi connectivity index (χ0n) is 14.6. The first kappa shape index (κ1) is 16.1. The van der Waals surface area contributed by atoms with Crippen molar-refractivity contribution in [2.45, 2.75) is 60.4 Å². The van der Waals surface area contributed by atoms with Crippen molar-refractivity contribution < 1.29 is 4.42 Å². The Morgan fingerprint density at radius 3 is 2.38 bits per heavy atom. The molecule has 0 unspecified atom stereocenters. The van der Waals surface area contributed by atoms with Gasteiger partial charge in [-0.05, 0) is 48.9 Å². The van der Waals surface area contributed by atoms with Crippen molar-refractivity contribution in [2.75, 3.05) is 6.54 Å². The van der Waals surface area contributed by atoms with Gasteiger partial charge in [-0.2, -0.15) is 0 Å². The van der Waals surface area contributed by atoms with Gasteiger partial charge in [0.1, 0.15) is 11.3 Å². The molecule has 0 amide bonds. The second-order valence-corrected chi connectivity index (χ2v) is 7.61. The number of furan rings is 1. The quantitative estimate of drug-likeness (QED) is 0.847. The first-order valence-corrected chi connectivity index (χ1v) is 7.94. The number of aryl methyl sites for hydroxylation is 2. The molecule has 2 aromatic rings. The zero-order valence-corrected chi connectivity index (χ0v) is 14.6. The van der Waals surface area contributed by atoms with Crippen LogP contribution in [0.3, 0.4) is 0 Å². The van der Waals surface area contributed by atoms with Gasteiger partial charge in [0.15, 0.2) is 0 Å². The average Bonchev–Trinajstić information content (AvgIpc) is 2.65. The molecule has 0 aliphatic carbocycles. The van der Waals surface area contributed by atoms with Crippen LogP contribution in [-0.2, 0) is 12.0 Å². The Labute approximate surface area is 128 Å². The van der Waals surface area contributed by atoms with Crippen LogP contribution in [0.5, 0.6) is 0 Å². The predicted molar refractivity (Wildman–Crippen MR) is 90.9 cm³/mol. The van der Waals surface area contributed by atoms with Gasteiger partial charge in [0.05, 0.1) is 6.54 Å². The number of nitrogens with one attached hydrogen (secondary N) is 1. The molecule has 2 heteroatoms. The van der Waals surface area contributed by atoms with Crippen LogP contribution in [0.4, 0.5) is 0 Å². The van der Waals surface area contributed by atoms with Gasteiger partial charge in [-0.1, -0.05) is 40.7 Å². The molecule has 1 heterocycles. The topological polar surface area (TPSA) is 25.2 Å². The second-order valence-electron chi connectivity index (χ2n) is 7.61. The Bertz CT molecular complexity index is 629. The lowest BCUT2D eigenvalue weighted by Crippen LogP contribution is -2.19. The number of rotatable bonds is 4. The Balaban J connectivity index is 2.45. The molecule has 0 spiro atoms. The molecular formula is C19H29NO. The van der Waals surface area contributed by atoms with Gasteiger partial charge in [-0.15, -0.1) is 0 Å². The van der Waals surface area contributed by atoms with E-state index in [9.17, 15) is 0 Å². The van der Waals surface area contributed by atoms with Crippen molar-refractivity contribution >= 4 is 11.0 Å². The molecule has 21 heavy (non-hydrogen) atoms. The maximum Gasteiger partial charge on any atom is 0.138 e. The van der Waals surface area contributed by atoms with Crippen LogP contribution in [0.1, 0.15) is 57.1 Å². The highest BCUT2D eigenvalue weighted by molar-refractivity contribution is 5.86. The minimum absolute atomic E-state index is 0.0944. The van der Waals surface area contributed by atoms with Crippen molar-refractivity contribution in [3.63, 3.8) is 0 Å².